The van der Waals surface area contributed by atoms with Gasteiger partial charge < -0.3 is 0 Å². The van der Waals surface area contributed by atoms with Gasteiger partial charge in [0.1, 0.15) is 17.5 Å². The highest BCUT2D eigenvalue weighted by Crippen LogP contribution is 2.12. The van der Waals surface area contributed by atoms with Gasteiger partial charge in [-0.25, -0.2) is 13.2 Å². The number of benzene rings is 2. The second-order valence-corrected chi connectivity index (χ2v) is 3.59. The Morgan fingerprint density at radius 2 is 1.12 bits per heavy atom. The second kappa shape index (κ2) is 4.87. The minimum absolute atomic E-state index is 0.320. The molecule has 0 saturated heterocycles. The molecule has 0 N–H and O–H groups in total. The van der Waals surface area contributed by atoms with Crippen molar-refractivity contribution < 1.29 is 13.2 Å². The standard InChI is InChI=1S/C14H9F3/c15-12-5-3-10(4-6-12)1-2-11-7-13(16)9-14(17)8-11/h1-9H/b2-1+. The maximum absolute atomic E-state index is 12.9. The predicted octanol–water partition coefficient (Wildman–Crippen LogP) is 4.27. The fourth-order valence-corrected chi connectivity index (χ4v) is 1.44. The van der Waals surface area contributed by atoms with E-state index in [1.807, 2.05) is 0 Å². The van der Waals surface area contributed by atoms with Crippen LogP contribution < -0.4 is 0 Å². The normalized spacial score (nSPS) is 11.0. The van der Waals surface area contributed by atoms with Crippen LogP contribution in [-0.2, 0) is 0 Å². The van der Waals surface area contributed by atoms with Gasteiger partial charge in [-0.1, -0.05) is 24.3 Å². The predicted molar refractivity (Wildman–Crippen MR) is 61.7 cm³/mol. The fourth-order valence-electron chi connectivity index (χ4n) is 1.44. The summed E-state index contributed by atoms with van der Waals surface area (Å²) in [5.74, 6) is -1.56. The average Bonchev–Trinajstić information content (AvgIpc) is 2.27. The highest BCUT2D eigenvalue weighted by atomic mass is 19.1. The van der Waals surface area contributed by atoms with Crippen LogP contribution in [0.5, 0.6) is 0 Å². The lowest BCUT2D eigenvalue weighted by molar-refractivity contribution is 0.583. The van der Waals surface area contributed by atoms with E-state index in [0.29, 0.717) is 5.56 Å². The highest BCUT2D eigenvalue weighted by molar-refractivity contribution is 5.69. The van der Waals surface area contributed by atoms with E-state index in [2.05, 4.69) is 0 Å². The van der Waals surface area contributed by atoms with Crippen LogP contribution >= 0.6 is 0 Å². The van der Waals surface area contributed by atoms with E-state index in [1.54, 1.807) is 24.3 Å². The van der Waals surface area contributed by atoms with Crippen LogP contribution in [0.4, 0.5) is 13.2 Å². The zero-order valence-corrected chi connectivity index (χ0v) is 8.83. The Balaban J connectivity index is 2.22. The number of hydrogen-bond acceptors (Lipinski definition) is 0. The van der Waals surface area contributed by atoms with Gasteiger partial charge in [0.15, 0.2) is 0 Å². The smallest absolute Gasteiger partial charge is 0.126 e. The Hall–Kier alpha value is -2.03. The van der Waals surface area contributed by atoms with E-state index in [4.69, 9.17) is 0 Å². The number of hydrogen-bond donors (Lipinski definition) is 0. The minimum Gasteiger partial charge on any atom is -0.207 e. The first kappa shape index (κ1) is 11.5. The molecule has 0 aliphatic heterocycles. The van der Waals surface area contributed by atoms with Gasteiger partial charge in [-0.15, -0.1) is 0 Å². The summed E-state index contributed by atoms with van der Waals surface area (Å²) < 4.78 is 38.4. The van der Waals surface area contributed by atoms with Gasteiger partial charge in [0.05, 0.1) is 0 Å². The topological polar surface area (TPSA) is 0 Å². The van der Waals surface area contributed by atoms with Gasteiger partial charge in [-0.2, -0.15) is 0 Å². The summed E-state index contributed by atoms with van der Waals surface area (Å²) in [5, 5.41) is 0. The van der Waals surface area contributed by atoms with Gasteiger partial charge in [-0.3, -0.25) is 0 Å². The van der Waals surface area contributed by atoms with Crippen LogP contribution in [0.1, 0.15) is 11.1 Å². The molecule has 17 heavy (non-hydrogen) atoms. The van der Waals surface area contributed by atoms with Crippen molar-refractivity contribution in [1.82, 2.24) is 0 Å². The first-order valence-corrected chi connectivity index (χ1v) is 5.03. The van der Waals surface area contributed by atoms with Crippen molar-refractivity contribution in [2.45, 2.75) is 0 Å². The van der Waals surface area contributed by atoms with E-state index in [0.717, 1.165) is 11.6 Å². The van der Waals surface area contributed by atoms with Crippen LogP contribution in [0, 0.1) is 17.5 Å². The summed E-state index contributed by atoms with van der Waals surface area (Å²) in [6, 6.07) is 9.09. The molecule has 0 saturated carbocycles. The second-order valence-electron chi connectivity index (χ2n) is 3.59. The molecular weight excluding hydrogens is 225 g/mol. The van der Waals surface area contributed by atoms with Gasteiger partial charge in [0.2, 0.25) is 0 Å². The Bertz CT molecular complexity index is 522. The molecule has 0 spiro atoms. The number of rotatable bonds is 2. The Labute approximate surface area is 97.0 Å². The third kappa shape index (κ3) is 3.21. The van der Waals surface area contributed by atoms with Crippen molar-refractivity contribution in [3.63, 3.8) is 0 Å². The zero-order chi connectivity index (χ0) is 12.3. The summed E-state index contributed by atoms with van der Waals surface area (Å²) in [7, 11) is 0. The molecule has 0 atom stereocenters. The van der Waals surface area contributed by atoms with E-state index < -0.39 is 11.6 Å². The van der Waals surface area contributed by atoms with Gasteiger partial charge in [0.25, 0.3) is 0 Å². The lowest BCUT2D eigenvalue weighted by Crippen LogP contribution is -1.81. The highest BCUT2D eigenvalue weighted by Gasteiger charge is 1.97. The maximum Gasteiger partial charge on any atom is 0.126 e. The molecule has 0 amide bonds. The maximum atomic E-state index is 12.9. The van der Waals surface area contributed by atoms with E-state index in [1.165, 1.54) is 24.3 Å². The number of halogens is 3. The van der Waals surface area contributed by atoms with E-state index in [-0.39, 0.29) is 5.82 Å². The lowest BCUT2D eigenvalue weighted by Gasteiger charge is -1.96. The van der Waals surface area contributed by atoms with Crippen LogP contribution in [0.3, 0.4) is 0 Å². The molecule has 0 aliphatic rings. The summed E-state index contributed by atoms with van der Waals surface area (Å²) in [5.41, 5.74) is 1.18. The largest absolute Gasteiger partial charge is 0.207 e. The molecule has 2 aromatic carbocycles. The molecular formula is C14H9F3. The zero-order valence-electron chi connectivity index (χ0n) is 8.83. The van der Waals surface area contributed by atoms with Crippen LogP contribution in [0.25, 0.3) is 12.2 Å². The van der Waals surface area contributed by atoms with Gasteiger partial charge in [-0.05, 0) is 35.4 Å². The molecule has 3 heteroatoms. The molecule has 86 valence electrons. The quantitative estimate of drug-likeness (QED) is 0.680. The SMILES string of the molecule is Fc1ccc(/C=C/c2cc(F)cc(F)c2)cc1. The minimum atomic E-state index is -0.622. The first-order chi connectivity index (χ1) is 8.13. The Kier molecular flexibility index (Phi) is 3.28. The van der Waals surface area contributed by atoms with Crippen molar-refractivity contribution in [3.8, 4) is 0 Å². The summed E-state index contributed by atoms with van der Waals surface area (Å²) in [6.07, 6.45) is 3.23. The molecule has 0 radical (unpaired) electrons. The van der Waals surface area contributed by atoms with E-state index >= 15 is 0 Å². The van der Waals surface area contributed by atoms with Crippen molar-refractivity contribution in [1.29, 1.82) is 0 Å². The van der Waals surface area contributed by atoms with Crippen LogP contribution in [0.15, 0.2) is 42.5 Å². The van der Waals surface area contributed by atoms with Crippen LogP contribution in [-0.4, -0.2) is 0 Å². The Morgan fingerprint density at radius 1 is 0.588 bits per heavy atom. The molecule has 0 fully saturated rings. The summed E-state index contributed by atoms with van der Waals surface area (Å²) >= 11 is 0. The van der Waals surface area contributed by atoms with Crippen LogP contribution in [0.2, 0.25) is 0 Å². The molecule has 0 heterocycles. The van der Waals surface area contributed by atoms with Crippen molar-refractivity contribution >= 4 is 12.2 Å². The molecule has 0 bridgehead atoms. The van der Waals surface area contributed by atoms with Gasteiger partial charge >= 0.3 is 0 Å². The van der Waals surface area contributed by atoms with Gasteiger partial charge in [0, 0.05) is 6.07 Å². The average molecular weight is 234 g/mol. The Morgan fingerprint density at radius 3 is 1.71 bits per heavy atom. The van der Waals surface area contributed by atoms with E-state index in [9.17, 15) is 13.2 Å². The summed E-state index contributed by atoms with van der Waals surface area (Å²) in [6.45, 7) is 0. The molecule has 0 unspecified atom stereocenters. The third-order valence-electron chi connectivity index (χ3n) is 2.22. The molecule has 2 aromatic rings. The molecule has 2 rings (SSSR count). The fraction of sp³-hybridized carbons (Fsp3) is 0. The molecule has 0 aromatic heterocycles. The summed E-state index contributed by atoms with van der Waals surface area (Å²) in [4.78, 5) is 0. The van der Waals surface area contributed by atoms with Crippen molar-refractivity contribution in [2.75, 3.05) is 0 Å². The monoisotopic (exact) mass is 234 g/mol. The first-order valence-electron chi connectivity index (χ1n) is 5.03. The molecule has 0 aliphatic carbocycles. The lowest BCUT2D eigenvalue weighted by atomic mass is 10.1. The van der Waals surface area contributed by atoms with Crippen molar-refractivity contribution in [2.24, 2.45) is 0 Å². The van der Waals surface area contributed by atoms with Crippen molar-refractivity contribution in [3.05, 3.63) is 71.0 Å². The third-order valence-corrected chi connectivity index (χ3v) is 2.22. The molecule has 0 nitrogen and oxygen atoms in total.